The molecule has 0 aliphatic heterocycles. The number of carbonyl (C=O) groups excluding carboxylic acids is 2. The van der Waals surface area contributed by atoms with Gasteiger partial charge in [-0.3, -0.25) is 0 Å². The molecule has 0 saturated carbocycles. The third kappa shape index (κ3) is 7.30. The molecule has 3 rings (SSSR count). The fourth-order valence-corrected chi connectivity index (χ4v) is 2.98. The Labute approximate surface area is 182 Å². The smallest absolute Gasteiger partial charge is 0.349 e. The number of esters is 2. The van der Waals surface area contributed by atoms with Crippen LogP contribution in [0.25, 0.3) is 0 Å². The Kier molecular flexibility index (Phi) is 8.23. The zero-order valence-electron chi connectivity index (χ0n) is 17.6. The first-order valence-corrected chi connectivity index (χ1v) is 10.4. The first kappa shape index (κ1) is 22.1. The van der Waals surface area contributed by atoms with Gasteiger partial charge in [-0.25, -0.2) is 9.59 Å². The Morgan fingerprint density at radius 3 is 2.32 bits per heavy atom. The van der Waals surface area contributed by atoms with Crippen LogP contribution >= 0.6 is 0 Å². The van der Waals surface area contributed by atoms with Gasteiger partial charge >= 0.3 is 11.9 Å². The van der Waals surface area contributed by atoms with E-state index in [9.17, 15) is 9.59 Å². The van der Waals surface area contributed by atoms with Crippen LogP contribution in [0.3, 0.4) is 0 Å². The number of ether oxygens (including phenoxy) is 3. The third-order valence-corrected chi connectivity index (χ3v) is 4.68. The maximum atomic E-state index is 12.3. The van der Waals surface area contributed by atoms with Gasteiger partial charge in [0, 0.05) is 0 Å². The van der Waals surface area contributed by atoms with Crippen LogP contribution < -0.4 is 9.47 Å². The molecule has 5 nitrogen and oxygen atoms in total. The zero-order valence-corrected chi connectivity index (χ0v) is 17.6. The fourth-order valence-electron chi connectivity index (χ4n) is 2.98. The lowest BCUT2D eigenvalue weighted by molar-refractivity contribution is -0.136. The molecular formula is C26H26O5. The van der Waals surface area contributed by atoms with E-state index in [1.54, 1.807) is 18.2 Å². The summed E-state index contributed by atoms with van der Waals surface area (Å²) >= 11 is 0. The number of carbonyl (C=O) groups is 2. The number of aryl methyl sites for hydroxylation is 2. The van der Waals surface area contributed by atoms with Crippen molar-refractivity contribution in [2.45, 2.75) is 26.2 Å². The Morgan fingerprint density at radius 2 is 1.58 bits per heavy atom. The van der Waals surface area contributed by atoms with Gasteiger partial charge in [0.15, 0.2) is 6.61 Å². The van der Waals surface area contributed by atoms with E-state index in [-0.39, 0.29) is 12.4 Å². The monoisotopic (exact) mass is 418 g/mol. The van der Waals surface area contributed by atoms with E-state index in [4.69, 9.17) is 14.2 Å². The molecule has 0 spiro atoms. The second-order valence-electron chi connectivity index (χ2n) is 7.01. The quantitative estimate of drug-likeness (QED) is 0.263. The minimum absolute atomic E-state index is 0.223. The molecule has 0 N–H and O–H groups in total. The summed E-state index contributed by atoms with van der Waals surface area (Å²) in [6.45, 7) is 2.17. The van der Waals surface area contributed by atoms with Crippen LogP contribution in [0, 0.1) is 0 Å². The molecule has 31 heavy (non-hydrogen) atoms. The van der Waals surface area contributed by atoms with E-state index in [2.05, 4.69) is 6.92 Å². The van der Waals surface area contributed by atoms with E-state index in [1.165, 1.54) is 17.2 Å². The van der Waals surface area contributed by atoms with Crippen LogP contribution in [0.4, 0.5) is 0 Å². The largest absolute Gasteiger partial charge is 0.482 e. The van der Waals surface area contributed by atoms with Crippen molar-refractivity contribution in [3.63, 3.8) is 0 Å². The van der Waals surface area contributed by atoms with Crippen molar-refractivity contribution >= 4 is 11.9 Å². The number of rotatable bonds is 10. The maximum absolute atomic E-state index is 12.3. The molecule has 0 heterocycles. The molecule has 0 amide bonds. The van der Waals surface area contributed by atoms with Crippen LogP contribution in [0.2, 0.25) is 0 Å². The predicted molar refractivity (Wildman–Crippen MR) is 118 cm³/mol. The molecular weight excluding hydrogens is 392 g/mol. The molecule has 160 valence electrons. The summed E-state index contributed by atoms with van der Waals surface area (Å²) in [5.74, 6) is -0.123. The van der Waals surface area contributed by atoms with E-state index < -0.39 is 11.9 Å². The summed E-state index contributed by atoms with van der Waals surface area (Å²) in [5.41, 5.74) is 2.73. The lowest BCUT2D eigenvalue weighted by Crippen LogP contribution is -2.18. The SMILES string of the molecule is CCc1ccc(OCC(=O)Oc2cccc(C(=O)OCCCc3ccccc3)c2)cc1. The fraction of sp³-hybridized carbons (Fsp3) is 0.231. The topological polar surface area (TPSA) is 61.8 Å². The summed E-state index contributed by atoms with van der Waals surface area (Å²) in [5, 5.41) is 0. The van der Waals surface area contributed by atoms with Gasteiger partial charge in [-0.1, -0.05) is 55.5 Å². The van der Waals surface area contributed by atoms with Gasteiger partial charge in [-0.15, -0.1) is 0 Å². The van der Waals surface area contributed by atoms with Crippen LogP contribution in [0.15, 0.2) is 78.9 Å². The van der Waals surface area contributed by atoms with E-state index >= 15 is 0 Å². The minimum Gasteiger partial charge on any atom is -0.482 e. The number of benzene rings is 3. The Balaban J connectivity index is 1.43. The minimum atomic E-state index is -0.548. The van der Waals surface area contributed by atoms with Crippen molar-refractivity contribution in [3.05, 3.63) is 95.6 Å². The van der Waals surface area contributed by atoms with Crippen molar-refractivity contribution in [1.29, 1.82) is 0 Å². The van der Waals surface area contributed by atoms with Crippen LogP contribution in [0.5, 0.6) is 11.5 Å². The molecule has 0 unspecified atom stereocenters. The highest BCUT2D eigenvalue weighted by molar-refractivity contribution is 5.90. The Morgan fingerprint density at radius 1 is 0.806 bits per heavy atom. The molecule has 5 heteroatoms. The maximum Gasteiger partial charge on any atom is 0.349 e. The van der Waals surface area contributed by atoms with Crippen LogP contribution in [0.1, 0.15) is 34.8 Å². The molecule has 0 aliphatic carbocycles. The van der Waals surface area contributed by atoms with Crippen LogP contribution in [-0.4, -0.2) is 25.2 Å². The zero-order chi connectivity index (χ0) is 21.9. The van der Waals surface area contributed by atoms with Crippen molar-refractivity contribution in [2.24, 2.45) is 0 Å². The molecule has 0 fully saturated rings. The van der Waals surface area contributed by atoms with Crippen molar-refractivity contribution in [3.8, 4) is 11.5 Å². The molecule has 3 aromatic carbocycles. The first-order chi connectivity index (χ1) is 15.1. The summed E-state index contributed by atoms with van der Waals surface area (Å²) in [6.07, 6.45) is 2.52. The summed E-state index contributed by atoms with van der Waals surface area (Å²) in [4.78, 5) is 24.3. The second kappa shape index (κ2) is 11.6. The third-order valence-electron chi connectivity index (χ3n) is 4.68. The van der Waals surface area contributed by atoms with Crippen molar-refractivity contribution < 1.29 is 23.8 Å². The standard InChI is InChI=1S/C26H26O5/c1-2-20-13-15-23(16-14-20)30-19-25(27)31-24-12-6-11-22(18-24)26(28)29-17-7-10-21-8-4-3-5-9-21/h3-6,8-9,11-16,18H,2,7,10,17,19H2,1H3. The molecule has 0 aromatic heterocycles. The van der Waals surface area contributed by atoms with Gasteiger partial charge in [0.25, 0.3) is 0 Å². The van der Waals surface area contributed by atoms with Gasteiger partial charge in [-0.05, 0) is 60.7 Å². The lowest BCUT2D eigenvalue weighted by Gasteiger charge is -2.09. The molecule has 0 bridgehead atoms. The summed E-state index contributed by atoms with van der Waals surface area (Å²) in [6, 6.07) is 24.0. The van der Waals surface area contributed by atoms with Gasteiger partial charge in [0.05, 0.1) is 12.2 Å². The Bertz CT molecular complexity index is 980. The molecule has 3 aromatic rings. The van der Waals surface area contributed by atoms with Gasteiger partial charge in [-0.2, -0.15) is 0 Å². The van der Waals surface area contributed by atoms with Crippen molar-refractivity contribution in [1.82, 2.24) is 0 Å². The second-order valence-corrected chi connectivity index (χ2v) is 7.01. The first-order valence-electron chi connectivity index (χ1n) is 10.4. The Hall–Kier alpha value is -3.60. The summed E-state index contributed by atoms with van der Waals surface area (Å²) in [7, 11) is 0. The van der Waals surface area contributed by atoms with Gasteiger partial charge in [0.1, 0.15) is 11.5 Å². The van der Waals surface area contributed by atoms with Gasteiger partial charge < -0.3 is 14.2 Å². The predicted octanol–water partition coefficient (Wildman–Crippen LogP) is 5.02. The molecule has 0 radical (unpaired) electrons. The van der Waals surface area contributed by atoms with Gasteiger partial charge in [0.2, 0.25) is 0 Å². The normalized spacial score (nSPS) is 10.4. The van der Waals surface area contributed by atoms with E-state index in [0.29, 0.717) is 17.9 Å². The average molecular weight is 418 g/mol. The summed E-state index contributed by atoms with van der Waals surface area (Å²) < 4.78 is 16.1. The highest BCUT2D eigenvalue weighted by atomic mass is 16.6. The van der Waals surface area contributed by atoms with Crippen LogP contribution in [-0.2, 0) is 22.4 Å². The number of hydrogen-bond donors (Lipinski definition) is 0. The van der Waals surface area contributed by atoms with E-state index in [0.717, 1.165) is 19.3 Å². The number of hydrogen-bond acceptors (Lipinski definition) is 5. The van der Waals surface area contributed by atoms with E-state index in [1.807, 2.05) is 54.6 Å². The average Bonchev–Trinajstić information content (AvgIpc) is 2.81. The lowest BCUT2D eigenvalue weighted by atomic mass is 10.1. The van der Waals surface area contributed by atoms with Crippen molar-refractivity contribution in [2.75, 3.05) is 13.2 Å². The highest BCUT2D eigenvalue weighted by Gasteiger charge is 2.11. The molecule has 0 atom stereocenters. The molecule has 0 saturated heterocycles. The highest BCUT2D eigenvalue weighted by Crippen LogP contribution is 2.16. The molecule has 0 aliphatic rings.